The quantitative estimate of drug-likeness (QED) is 0.518. The minimum Gasteiger partial charge on any atom is -0.496 e. The van der Waals surface area contributed by atoms with Crippen LogP contribution in [0.1, 0.15) is 24.1 Å². The van der Waals surface area contributed by atoms with Crippen molar-refractivity contribution in [1.29, 1.82) is 0 Å². The first-order valence-electron chi connectivity index (χ1n) is 9.44. The van der Waals surface area contributed by atoms with E-state index in [9.17, 15) is 9.59 Å². The summed E-state index contributed by atoms with van der Waals surface area (Å²) in [7, 11) is 2.93. The van der Waals surface area contributed by atoms with Gasteiger partial charge in [0.2, 0.25) is 0 Å². The summed E-state index contributed by atoms with van der Waals surface area (Å²) in [6, 6.07) is 14.4. The van der Waals surface area contributed by atoms with E-state index in [1.165, 1.54) is 18.4 Å². The summed E-state index contributed by atoms with van der Waals surface area (Å²) in [6.45, 7) is 1.76. The number of fused-ring (bicyclic) bond motifs is 1. The molecule has 2 heterocycles. The van der Waals surface area contributed by atoms with E-state index in [1.807, 2.05) is 54.6 Å². The summed E-state index contributed by atoms with van der Waals surface area (Å²) in [6.07, 6.45) is 1.81. The van der Waals surface area contributed by atoms with E-state index in [0.29, 0.717) is 26.4 Å². The molecule has 0 fully saturated rings. The lowest BCUT2D eigenvalue weighted by Crippen LogP contribution is -2.39. The first-order chi connectivity index (χ1) is 14.9. The normalized spacial score (nSPS) is 16.0. The van der Waals surface area contributed by atoms with Gasteiger partial charge < -0.3 is 9.47 Å². The van der Waals surface area contributed by atoms with Gasteiger partial charge in [-0.25, -0.2) is 9.79 Å². The monoisotopic (exact) mass is 498 g/mol. The number of esters is 1. The van der Waals surface area contributed by atoms with Crippen molar-refractivity contribution in [3.8, 4) is 5.75 Å². The van der Waals surface area contributed by atoms with Crippen molar-refractivity contribution >= 4 is 39.3 Å². The number of thiazole rings is 1. The Hall–Kier alpha value is -2.97. The minimum absolute atomic E-state index is 0.210. The molecule has 0 spiro atoms. The largest absolute Gasteiger partial charge is 0.496 e. The van der Waals surface area contributed by atoms with Crippen LogP contribution in [-0.4, -0.2) is 24.8 Å². The first kappa shape index (κ1) is 21.3. The molecule has 0 N–H and O–H groups in total. The molecule has 1 atom stereocenters. The number of nitrogens with zero attached hydrogens (tertiary/aromatic N) is 2. The number of halogens is 1. The van der Waals surface area contributed by atoms with Crippen molar-refractivity contribution in [2.75, 3.05) is 14.2 Å². The molecule has 0 unspecified atom stereocenters. The van der Waals surface area contributed by atoms with Crippen LogP contribution in [-0.2, 0) is 9.53 Å². The van der Waals surface area contributed by atoms with E-state index < -0.39 is 12.0 Å². The molecule has 0 bridgehead atoms. The average molecular weight is 499 g/mol. The van der Waals surface area contributed by atoms with Gasteiger partial charge in [0.25, 0.3) is 5.56 Å². The second kappa shape index (κ2) is 8.64. The van der Waals surface area contributed by atoms with Gasteiger partial charge >= 0.3 is 5.97 Å². The molecule has 0 amide bonds. The molecule has 8 heteroatoms. The Bertz CT molecular complexity index is 1370. The highest BCUT2D eigenvalue weighted by atomic mass is 79.9. The van der Waals surface area contributed by atoms with Crippen LogP contribution in [0, 0.1) is 0 Å². The fourth-order valence-electron chi connectivity index (χ4n) is 3.57. The molecule has 158 valence electrons. The van der Waals surface area contributed by atoms with Gasteiger partial charge in [0.1, 0.15) is 5.75 Å². The van der Waals surface area contributed by atoms with Crippen LogP contribution in [0.3, 0.4) is 0 Å². The molecule has 4 rings (SSSR count). The fraction of sp³-hybridized carbons (Fsp3) is 0.174. The van der Waals surface area contributed by atoms with E-state index in [0.717, 1.165) is 15.6 Å². The SMILES string of the molecule is COC(=O)C1=C(C)N=c2s/c(=C\c3ccc(OC)c(Br)c3)c(=O)n2[C@@H]1c1ccccc1. The lowest BCUT2D eigenvalue weighted by molar-refractivity contribution is -0.136. The second-order valence-corrected chi connectivity index (χ2v) is 8.74. The molecule has 0 saturated heterocycles. The third kappa shape index (κ3) is 3.88. The molecule has 1 aliphatic heterocycles. The number of carbonyl (C=O) groups is 1. The summed E-state index contributed by atoms with van der Waals surface area (Å²) in [5.41, 5.74) is 2.36. The van der Waals surface area contributed by atoms with Crippen LogP contribution in [0.15, 0.2) is 74.1 Å². The molecule has 0 aliphatic carbocycles. The average Bonchev–Trinajstić information content (AvgIpc) is 3.07. The maximum Gasteiger partial charge on any atom is 0.338 e. The minimum atomic E-state index is -0.602. The van der Waals surface area contributed by atoms with Gasteiger partial charge in [-0.2, -0.15) is 0 Å². The molecule has 31 heavy (non-hydrogen) atoms. The van der Waals surface area contributed by atoms with Crippen LogP contribution in [0.4, 0.5) is 0 Å². The molecule has 1 aliphatic rings. The number of aromatic nitrogens is 1. The van der Waals surface area contributed by atoms with Crippen LogP contribution >= 0.6 is 27.3 Å². The van der Waals surface area contributed by atoms with Gasteiger partial charge in [-0.3, -0.25) is 9.36 Å². The van der Waals surface area contributed by atoms with Crippen molar-refractivity contribution in [3.05, 3.63) is 95.1 Å². The topological polar surface area (TPSA) is 69.9 Å². The maximum absolute atomic E-state index is 13.4. The summed E-state index contributed by atoms with van der Waals surface area (Å²) in [5.74, 6) is 0.212. The summed E-state index contributed by atoms with van der Waals surface area (Å²) >= 11 is 4.77. The summed E-state index contributed by atoms with van der Waals surface area (Å²) < 4.78 is 13.2. The molecule has 0 radical (unpaired) electrons. The Kier molecular flexibility index (Phi) is 5.93. The number of allylic oxidation sites excluding steroid dienone is 1. The van der Waals surface area contributed by atoms with Gasteiger partial charge in [0.15, 0.2) is 4.80 Å². The fourth-order valence-corrected chi connectivity index (χ4v) is 5.17. The van der Waals surface area contributed by atoms with Crippen LogP contribution < -0.4 is 19.6 Å². The van der Waals surface area contributed by atoms with E-state index in [-0.39, 0.29) is 5.56 Å². The second-order valence-electron chi connectivity index (χ2n) is 6.88. The van der Waals surface area contributed by atoms with Gasteiger partial charge in [-0.05, 0) is 52.2 Å². The summed E-state index contributed by atoms with van der Waals surface area (Å²) in [4.78, 5) is 31.1. The highest BCUT2D eigenvalue weighted by Gasteiger charge is 2.32. The first-order valence-corrected chi connectivity index (χ1v) is 11.0. The van der Waals surface area contributed by atoms with Crippen molar-refractivity contribution in [2.24, 2.45) is 4.99 Å². The van der Waals surface area contributed by atoms with Gasteiger partial charge in [0, 0.05) is 0 Å². The van der Waals surface area contributed by atoms with Crippen molar-refractivity contribution < 1.29 is 14.3 Å². The standard InChI is InChI=1S/C23H19BrN2O4S/c1-13-19(22(28)30-3)20(15-7-5-4-6-8-15)26-21(27)18(31-23(26)25-13)12-14-9-10-17(29-2)16(24)11-14/h4-12,20H,1-3H3/b18-12-/t20-/m1/s1. The third-order valence-electron chi connectivity index (χ3n) is 5.02. The predicted octanol–water partition coefficient (Wildman–Crippen LogP) is 3.18. The number of hydrogen-bond donors (Lipinski definition) is 0. The van der Waals surface area contributed by atoms with E-state index >= 15 is 0 Å². The number of hydrogen-bond acceptors (Lipinski definition) is 6. The molecule has 3 aromatic rings. The number of ether oxygens (including phenoxy) is 2. The predicted molar refractivity (Wildman–Crippen MR) is 123 cm³/mol. The lowest BCUT2D eigenvalue weighted by atomic mass is 9.96. The Labute approximate surface area is 190 Å². The van der Waals surface area contributed by atoms with Crippen molar-refractivity contribution in [3.63, 3.8) is 0 Å². The molecular formula is C23H19BrN2O4S. The number of carbonyl (C=O) groups excluding carboxylic acids is 1. The Balaban J connectivity index is 1.94. The molecular weight excluding hydrogens is 480 g/mol. The van der Waals surface area contributed by atoms with Gasteiger partial charge in [-0.15, -0.1) is 0 Å². The highest BCUT2D eigenvalue weighted by molar-refractivity contribution is 9.10. The zero-order valence-electron chi connectivity index (χ0n) is 17.1. The molecule has 2 aromatic carbocycles. The van der Waals surface area contributed by atoms with Crippen LogP contribution in [0.5, 0.6) is 5.75 Å². The number of methoxy groups -OCH3 is 2. The van der Waals surface area contributed by atoms with Crippen LogP contribution in [0.25, 0.3) is 6.08 Å². The lowest BCUT2D eigenvalue weighted by Gasteiger charge is -2.24. The highest BCUT2D eigenvalue weighted by Crippen LogP contribution is 2.30. The van der Waals surface area contributed by atoms with E-state index in [4.69, 9.17) is 9.47 Å². The van der Waals surface area contributed by atoms with Crippen molar-refractivity contribution in [2.45, 2.75) is 13.0 Å². The smallest absolute Gasteiger partial charge is 0.338 e. The Morgan fingerprint density at radius 1 is 1.19 bits per heavy atom. The van der Waals surface area contributed by atoms with Gasteiger partial charge in [-0.1, -0.05) is 47.7 Å². The zero-order chi connectivity index (χ0) is 22.1. The van der Waals surface area contributed by atoms with Crippen molar-refractivity contribution in [1.82, 2.24) is 4.57 Å². The molecule has 1 aromatic heterocycles. The maximum atomic E-state index is 13.4. The van der Waals surface area contributed by atoms with E-state index in [2.05, 4.69) is 20.9 Å². The third-order valence-corrected chi connectivity index (χ3v) is 6.62. The summed E-state index contributed by atoms with van der Waals surface area (Å²) in [5, 5.41) is 0. The molecule has 0 saturated carbocycles. The Morgan fingerprint density at radius 2 is 1.94 bits per heavy atom. The number of benzene rings is 2. The van der Waals surface area contributed by atoms with E-state index in [1.54, 1.807) is 18.6 Å². The van der Waals surface area contributed by atoms with Crippen LogP contribution in [0.2, 0.25) is 0 Å². The Morgan fingerprint density at radius 3 is 2.58 bits per heavy atom. The zero-order valence-corrected chi connectivity index (χ0v) is 19.5. The molecule has 6 nitrogen and oxygen atoms in total. The van der Waals surface area contributed by atoms with Gasteiger partial charge in [0.05, 0.1) is 40.5 Å². The number of rotatable bonds is 4.